The Morgan fingerprint density at radius 2 is 1.46 bits per heavy atom. The third-order valence-corrected chi connectivity index (χ3v) is 3.50. The van der Waals surface area contributed by atoms with Gasteiger partial charge >= 0.3 is 0 Å². The van der Waals surface area contributed by atoms with Crippen molar-refractivity contribution in [1.82, 2.24) is 0 Å². The molecule has 0 atom stereocenters. The molecule has 1 rings (SSSR count). The highest BCUT2D eigenvalue weighted by Crippen LogP contribution is 2.25. The molecule has 1 N–H and O–H groups in total. The number of methoxy groups -OCH3 is 1. The molecule has 1 aromatic rings. The summed E-state index contributed by atoms with van der Waals surface area (Å²) in [4.78, 5) is 0. The van der Waals surface area contributed by atoms with Crippen molar-refractivity contribution in [3.05, 3.63) is 28.8 Å². The number of aliphatic hydroxyl groups is 1. The van der Waals surface area contributed by atoms with Gasteiger partial charge in [0.15, 0.2) is 0 Å². The molecular formula is C24H34O4. The van der Waals surface area contributed by atoms with Crippen LogP contribution in [0.25, 0.3) is 0 Å². The van der Waals surface area contributed by atoms with Crippen LogP contribution in [0.4, 0.5) is 0 Å². The number of hydrogen-bond donors (Lipinski definition) is 1. The van der Waals surface area contributed by atoms with Crippen molar-refractivity contribution in [3.8, 4) is 29.4 Å². The summed E-state index contributed by atoms with van der Waals surface area (Å²) in [7, 11) is 1.65. The molecule has 154 valence electrons. The summed E-state index contributed by atoms with van der Waals surface area (Å²) in [5.41, 5.74) is 2.52. The normalized spacial score (nSPS) is 11.3. The molecule has 4 nitrogen and oxygen atoms in total. The van der Waals surface area contributed by atoms with Crippen LogP contribution < -0.4 is 4.74 Å². The van der Waals surface area contributed by atoms with E-state index in [9.17, 15) is 0 Å². The van der Waals surface area contributed by atoms with Gasteiger partial charge in [-0.25, -0.2) is 0 Å². The number of hydrogen-bond acceptors (Lipinski definition) is 4. The Morgan fingerprint density at radius 1 is 0.857 bits per heavy atom. The standard InChI is InChI=1S/C24H34O4/c1-23(2,3)11-8-19-17-22(28-15-14-26-7)21(9-12-24(4,5)6)16-20(19)10-13-27-18-25/h16-17,25H,10,13-15,18H2,1-7H3. The fourth-order valence-electron chi connectivity index (χ4n) is 2.16. The average molecular weight is 387 g/mol. The largest absolute Gasteiger partial charge is 0.490 e. The highest BCUT2D eigenvalue weighted by molar-refractivity contribution is 5.56. The molecule has 0 aliphatic carbocycles. The van der Waals surface area contributed by atoms with Gasteiger partial charge in [0.05, 0.1) is 18.8 Å². The summed E-state index contributed by atoms with van der Waals surface area (Å²) in [6.45, 7) is 13.5. The van der Waals surface area contributed by atoms with E-state index in [1.54, 1.807) is 7.11 Å². The highest BCUT2D eigenvalue weighted by atomic mass is 16.6. The van der Waals surface area contributed by atoms with Gasteiger partial charge in [0, 0.05) is 23.5 Å². The van der Waals surface area contributed by atoms with E-state index in [0.29, 0.717) is 32.0 Å². The van der Waals surface area contributed by atoms with Crippen molar-refractivity contribution in [1.29, 1.82) is 0 Å². The van der Waals surface area contributed by atoms with Crippen molar-refractivity contribution in [2.75, 3.05) is 33.7 Å². The van der Waals surface area contributed by atoms with Gasteiger partial charge < -0.3 is 19.3 Å². The van der Waals surface area contributed by atoms with Crippen LogP contribution >= 0.6 is 0 Å². The zero-order valence-corrected chi connectivity index (χ0v) is 18.4. The van der Waals surface area contributed by atoms with Crippen LogP contribution in [0.15, 0.2) is 12.1 Å². The van der Waals surface area contributed by atoms with Gasteiger partial charge in [-0.15, -0.1) is 0 Å². The van der Waals surface area contributed by atoms with E-state index in [2.05, 4.69) is 65.2 Å². The van der Waals surface area contributed by atoms with Crippen molar-refractivity contribution >= 4 is 0 Å². The van der Waals surface area contributed by atoms with Crippen LogP contribution in [0.5, 0.6) is 5.75 Å². The summed E-state index contributed by atoms with van der Waals surface area (Å²) in [6.07, 6.45) is 0.636. The topological polar surface area (TPSA) is 47.9 Å². The Labute approximate surface area is 170 Å². The summed E-state index contributed by atoms with van der Waals surface area (Å²) >= 11 is 0. The Balaban J connectivity index is 3.42. The fourth-order valence-corrected chi connectivity index (χ4v) is 2.16. The van der Waals surface area contributed by atoms with E-state index >= 15 is 0 Å². The molecule has 0 unspecified atom stereocenters. The molecule has 0 fully saturated rings. The second kappa shape index (κ2) is 11.1. The first-order valence-corrected chi connectivity index (χ1v) is 9.59. The lowest BCUT2D eigenvalue weighted by molar-refractivity contribution is 0.000248. The average Bonchev–Trinajstić information content (AvgIpc) is 2.58. The minimum Gasteiger partial charge on any atom is -0.490 e. The van der Waals surface area contributed by atoms with Gasteiger partial charge in [-0.2, -0.15) is 0 Å². The Morgan fingerprint density at radius 3 is 2.00 bits per heavy atom. The number of ether oxygens (including phenoxy) is 3. The predicted molar refractivity (Wildman–Crippen MR) is 113 cm³/mol. The van der Waals surface area contributed by atoms with Crippen LogP contribution in [0.3, 0.4) is 0 Å². The molecule has 0 aliphatic rings. The van der Waals surface area contributed by atoms with Crippen LogP contribution in [0.1, 0.15) is 58.2 Å². The monoisotopic (exact) mass is 386 g/mol. The maximum Gasteiger partial charge on any atom is 0.143 e. The lowest BCUT2D eigenvalue weighted by Gasteiger charge is -2.14. The second-order valence-corrected chi connectivity index (χ2v) is 8.63. The molecule has 0 saturated carbocycles. The van der Waals surface area contributed by atoms with E-state index in [1.807, 2.05) is 12.1 Å². The molecule has 0 bridgehead atoms. The molecule has 0 radical (unpaired) electrons. The lowest BCUT2D eigenvalue weighted by atomic mass is 9.94. The van der Waals surface area contributed by atoms with Gasteiger partial charge in [0.1, 0.15) is 19.1 Å². The molecule has 1 aromatic carbocycles. The van der Waals surface area contributed by atoms with Crippen molar-refractivity contribution in [2.24, 2.45) is 10.8 Å². The molecule has 0 saturated heterocycles. The lowest BCUT2D eigenvalue weighted by Crippen LogP contribution is -2.08. The van der Waals surface area contributed by atoms with Gasteiger partial charge in [-0.3, -0.25) is 0 Å². The summed E-state index contributed by atoms with van der Waals surface area (Å²) < 4.78 is 16.2. The Hall–Kier alpha value is -1.98. The second-order valence-electron chi connectivity index (χ2n) is 8.63. The minimum atomic E-state index is -0.294. The number of rotatable bonds is 8. The maximum absolute atomic E-state index is 8.91. The van der Waals surface area contributed by atoms with E-state index in [1.165, 1.54) is 0 Å². The molecular weight excluding hydrogens is 352 g/mol. The molecule has 0 aliphatic heterocycles. The number of benzene rings is 1. The van der Waals surface area contributed by atoms with Crippen LogP contribution in [0.2, 0.25) is 0 Å². The van der Waals surface area contributed by atoms with Crippen molar-refractivity contribution < 1.29 is 19.3 Å². The maximum atomic E-state index is 8.91. The third kappa shape index (κ3) is 9.81. The zero-order chi connectivity index (χ0) is 21.2. The first kappa shape index (κ1) is 24.1. The smallest absolute Gasteiger partial charge is 0.143 e. The first-order chi connectivity index (χ1) is 13.1. The van der Waals surface area contributed by atoms with Crippen molar-refractivity contribution in [2.45, 2.75) is 48.0 Å². The third-order valence-electron chi connectivity index (χ3n) is 3.50. The van der Waals surface area contributed by atoms with Gasteiger partial charge in [-0.1, -0.05) is 23.7 Å². The summed E-state index contributed by atoms with van der Waals surface area (Å²) in [5, 5.41) is 8.91. The van der Waals surface area contributed by atoms with Gasteiger partial charge in [-0.05, 0) is 65.7 Å². The minimum absolute atomic E-state index is 0.110. The van der Waals surface area contributed by atoms with Gasteiger partial charge in [0.2, 0.25) is 0 Å². The quantitative estimate of drug-likeness (QED) is 0.417. The Bertz CT molecular complexity index is 678. The molecule has 4 heteroatoms. The number of aliphatic hydroxyl groups excluding tert-OH is 1. The van der Waals surface area contributed by atoms with Gasteiger partial charge in [0.25, 0.3) is 0 Å². The first-order valence-electron chi connectivity index (χ1n) is 9.59. The molecule has 0 heterocycles. The summed E-state index contributed by atoms with van der Waals surface area (Å²) in [6, 6.07) is 3.98. The molecule has 0 spiro atoms. The molecule has 0 aromatic heterocycles. The van der Waals surface area contributed by atoms with Crippen LogP contribution in [0, 0.1) is 34.5 Å². The fraction of sp³-hybridized carbons (Fsp3) is 0.583. The van der Waals surface area contributed by atoms with E-state index in [-0.39, 0.29) is 17.6 Å². The highest BCUT2D eigenvalue weighted by Gasteiger charge is 2.12. The summed E-state index contributed by atoms with van der Waals surface area (Å²) in [5.74, 6) is 13.8. The van der Waals surface area contributed by atoms with E-state index < -0.39 is 0 Å². The molecule has 0 amide bonds. The van der Waals surface area contributed by atoms with Crippen LogP contribution in [-0.2, 0) is 15.9 Å². The Kier molecular flexibility index (Phi) is 9.56. The van der Waals surface area contributed by atoms with Crippen molar-refractivity contribution in [3.63, 3.8) is 0 Å². The van der Waals surface area contributed by atoms with E-state index in [0.717, 1.165) is 16.7 Å². The zero-order valence-electron chi connectivity index (χ0n) is 18.4. The SMILES string of the molecule is COCCOc1cc(C#CC(C)(C)C)c(CCOCO)cc1C#CC(C)(C)C. The van der Waals surface area contributed by atoms with E-state index in [4.69, 9.17) is 19.3 Å². The van der Waals surface area contributed by atoms with Crippen LogP contribution in [-0.4, -0.2) is 38.8 Å². The molecule has 28 heavy (non-hydrogen) atoms. The predicted octanol–water partition coefficient (Wildman–Crippen LogP) is 4.02.